The largest absolute Gasteiger partial charge is 0.374 e. The second kappa shape index (κ2) is 5.38. The summed E-state index contributed by atoms with van der Waals surface area (Å²) in [7, 11) is 0. The van der Waals surface area contributed by atoms with E-state index >= 15 is 0 Å². The number of thiocarbonyl (C=S) groups is 1. The molecule has 19 heavy (non-hydrogen) atoms. The second-order valence-electron chi connectivity index (χ2n) is 4.33. The molecule has 0 aliphatic carbocycles. The van der Waals surface area contributed by atoms with Gasteiger partial charge < -0.3 is 4.74 Å². The zero-order valence-electron chi connectivity index (χ0n) is 10.00. The molecule has 1 unspecified atom stereocenters. The summed E-state index contributed by atoms with van der Waals surface area (Å²) >= 11 is 8.08. The molecule has 1 aliphatic rings. The molecule has 1 aromatic carbocycles. The maximum Gasteiger partial charge on any atom is 0.335 e. The lowest BCUT2D eigenvalue weighted by Gasteiger charge is -2.34. The fourth-order valence-electron chi connectivity index (χ4n) is 1.83. The van der Waals surface area contributed by atoms with E-state index in [-0.39, 0.29) is 23.9 Å². The van der Waals surface area contributed by atoms with Crippen molar-refractivity contribution < 1.29 is 17.9 Å². The molecular weight excluding hydrogens is 343 g/mol. The van der Waals surface area contributed by atoms with Crippen molar-refractivity contribution >= 4 is 38.8 Å². The van der Waals surface area contributed by atoms with Crippen LogP contribution in [0.5, 0.6) is 0 Å². The van der Waals surface area contributed by atoms with Crippen molar-refractivity contribution in [2.45, 2.75) is 13.0 Å². The zero-order chi connectivity index (χ0) is 14.2. The van der Waals surface area contributed by atoms with E-state index in [0.717, 1.165) is 6.07 Å². The number of rotatable bonds is 1. The highest BCUT2D eigenvalue weighted by Gasteiger charge is 2.47. The average Bonchev–Trinajstić information content (AvgIpc) is 2.41. The number of hydrogen-bond acceptors (Lipinski definition) is 2. The van der Waals surface area contributed by atoms with Crippen LogP contribution in [0.25, 0.3) is 0 Å². The summed E-state index contributed by atoms with van der Waals surface area (Å²) in [5.41, 5.74) is -0.248. The van der Waals surface area contributed by atoms with E-state index in [2.05, 4.69) is 15.9 Å². The molecule has 2 rings (SSSR count). The van der Waals surface area contributed by atoms with Crippen LogP contribution in [0, 0.1) is 11.7 Å². The monoisotopic (exact) mass is 353 g/mol. The van der Waals surface area contributed by atoms with Crippen LogP contribution in [-0.2, 0) is 4.74 Å². The van der Waals surface area contributed by atoms with Gasteiger partial charge >= 0.3 is 6.05 Å². The predicted molar refractivity (Wildman–Crippen MR) is 74.1 cm³/mol. The molecule has 7 heteroatoms. The normalized spacial score (nSPS) is 23.3. The van der Waals surface area contributed by atoms with Crippen molar-refractivity contribution in [1.82, 2.24) is 0 Å². The molecule has 0 saturated carbocycles. The van der Waals surface area contributed by atoms with Crippen LogP contribution in [0.1, 0.15) is 6.92 Å². The summed E-state index contributed by atoms with van der Waals surface area (Å²) in [5.74, 6) is -1.84. The number of nitrogens with zero attached hydrogens (tertiary/aromatic N) is 1. The van der Waals surface area contributed by atoms with E-state index in [1.54, 1.807) is 0 Å². The summed E-state index contributed by atoms with van der Waals surface area (Å²) in [5, 5.41) is 0. The molecule has 1 atom stereocenters. The fraction of sp³-hybridized carbons (Fsp3) is 0.417. The smallest absolute Gasteiger partial charge is 0.335 e. The van der Waals surface area contributed by atoms with E-state index < -0.39 is 17.8 Å². The molecule has 1 aliphatic heterocycles. The Morgan fingerprint density at radius 1 is 1.47 bits per heavy atom. The summed E-state index contributed by atoms with van der Waals surface area (Å²) in [6, 6.07) is 0.551. The zero-order valence-corrected chi connectivity index (χ0v) is 12.4. The maximum atomic E-state index is 14.3. The molecular formula is C12H11BrF3NOS. The van der Waals surface area contributed by atoms with Crippen LogP contribution in [0.4, 0.5) is 18.9 Å². The van der Waals surface area contributed by atoms with E-state index in [0.29, 0.717) is 9.37 Å². The summed E-state index contributed by atoms with van der Waals surface area (Å²) < 4.78 is 48.1. The van der Waals surface area contributed by atoms with E-state index in [1.807, 2.05) is 0 Å². The lowest BCUT2D eigenvalue weighted by Crippen LogP contribution is -2.49. The van der Waals surface area contributed by atoms with Crippen LogP contribution in [0.2, 0.25) is 0 Å². The topological polar surface area (TPSA) is 12.5 Å². The Bertz CT molecular complexity index is 512. The van der Waals surface area contributed by atoms with Gasteiger partial charge in [-0.05, 0) is 18.2 Å². The summed E-state index contributed by atoms with van der Waals surface area (Å²) in [6.45, 7) is 1.09. The molecule has 104 valence electrons. The van der Waals surface area contributed by atoms with E-state index in [1.165, 1.54) is 19.1 Å². The Balaban J connectivity index is 2.54. The molecule has 0 radical (unpaired) electrons. The van der Waals surface area contributed by atoms with Crippen molar-refractivity contribution in [1.29, 1.82) is 0 Å². The van der Waals surface area contributed by atoms with Gasteiger partial charge in [-0.25, -0.2) is 4.39 Å². The quantitative estimate of drug-likeness (QED) is 0.559. The Morgan fingerprint density at radius 3 is 2.84 bits per heavy atom. The predicted octanol–water partition coefficient (Wildman–Crippen LogP) is 3.98. The first-order valence-corrected chi connectivity index (χ1v) is 6.78. The Kier molecular flexibility index (Phi) is 4.17. The molecule has 0 aromatic heterocycles. The summed E-state index contributed by atoms with van der Waals surface area (Å²) in [6.07, 6.45) is 0. The van der Waals surface area contributed by atoms with Gasteiger partial charge in [-0.2, -0.15) is 8.78 Å². The van der Waals surface area contributed by atoms with Gasteiger partial charge in [0.25, 0.3) is 0 Å². The number of hydrogen-bond donors (Lipinski definition) is 0. The van der Waals surface area contributed by atoms with Gasteiger partial charge in [-0.15, -0.1) is 0 Å². The minimum Gasteiger partial charge on any atom is -0.374 e. The summed E-state index contributed by atoms with van der Waals surface area (Å²) in [4.78, 5) is 0.423. The molecule has 0 spiro atoms. The third kappa shape index (κ3) is 2.78. The average molecular weight is 354 g/mol. The van der Waals surface area contributed by atoms with Gasteiger partial charge in [0.1, 0.15) is 10.8 Å². The highest BCUT2D eigenvalue weighted by Crippen LogP contribution is 2.38. The SMILES string of the molecule is CC1COCC(=S)N(c2cc(Br)ccc2F)C1(F)F. The maximum absolute atomic E-state index is 14.3. The highest BCUT2D eigenvalue weighted by molar-refractivity contribution is 9.10. The van der Waals surface area contributed by atoms with Crippen molar-refractivity contribution in [3.05, 3.63) is 28.5 Å². The first-order chi connectivity index (χ1) is 8.84. The van der Waals surface area contributed by atoms with Gasteiger partial charge in [0.2, 0.25) is 0 Å². The molecule has 1 aromatic rings. The van der Waals surface area contributed by atoms with Crippen molar-refractivity contribution in [3.63, 3.8) is 0 Å². The van der Waals surface area contributed by atoms with Crippen molar-refractivity contribution in [3.8, 4) is 0 Å². The minimum absolute atomic E-state index is 0.124. The molecule has 0 N–H and O–H groups in total. The van der Waals surface area contributed by atoms with Crippen LogP contribution >= 0.6 is 28.1 Å². The Hall–Kier alpha value is -0.660. The standard InChI is InChI=1S/C12H11BrF3NOS/c1-7-5-18-6-11(19)17(12(7,15)16)10-4-8(13)2-3-9(10)14/h2-4,7H,5-6H2,1H3. The molecule has 1 fully saturated rings. The lowest BCUT2D eigenvalue weighted by molar-refractivity contribution is -0.0588. The van der Waals surface area contributed by atoms with Crippen molar-refractivity contribution in [2.24, 2.45) is 5.92 Å². The van der Waals surface area contributed by atoms with Crippen LogP contribution in [-0.4, -0.2) is 24.2 Å². The third-order valence-corrected chi connectivity index (χ3v) is 3.68. The fourth-order valence-corrected chi connectivity index (χ4v) is 2.48. The molecule has 1 heterocycles. The lowest BCUT2D eigenvalue weighted by atomic mass is 10.1. The molecule has 2 nitrogen and oxygen atoms in total. The molecule has 0 amide bonds. The number of benzene rings is 1. The van der Waals surface area contributed by atoms with Gasteiger partial charge in [0.05, 0.1) is 24.8 Å². The highest BCUT2D eigenvalue weighted by atomic mass is 79.9. The number of alkyl halides is 2. The molecule has 0 bridgehead atoms. The second-order valence-corrected chi connectivity index (χ2v) is 5.72. The van der Waals surface area contributed by atoms with Gasteiger partial charge in [0, 0.05) is 4.47 Å². The molecule has 1 saturated heterocycles. The van der Waals surface area contributed by atoms with E-state index in [4.69, 9.17) is 17.0 Å². The van der Waals surface area contributed by atoms with Gasteiger partial charge in [-0.3, -0.25) is 4.90 Å². The van der Waals surface area contributed by atoms with E-state index in [9.17, 15) is 13.2 Å². The van der Waals surface area contributed by atoms with Crippen molar-refractivity contribution in [2.75, 3.05) is 18.1 Å². The number of ether oxygens (including phenoxy) is 1. The first kappa shape index (κ1) is 14.7. The first-order valence-electron chi connectivity index (χ1n) is 5.57. The van der Waals surface area contributed by atoms with Gasteiger partial charge in [0.15, 0.2) is 0 Å². The number of halogens is 4. The Labute approximate surface area is 122 Å². The third-order valence-electron chi connectivity index (χ3n) is 2.88. The Morgan fingerprint density at radius 2 is 2.16 bits per heavy atom. The van der Waals surface area contributed by atoms with Crippen LogP contribution in [0.3, 0.4) is 0 Å². The van der Waals surface area contributed by atoms with Crippen LogP contribution in [0.15, 0.2) is 22.7 Å². The number of anilines is 1. The van der Waals surface area contributed by atoms with Gasteiger partial charge in [-0.1, -0.05) is 35.1 Å². The van der Waals surface area contributed by atoms with Crippen LogP contribution < -0.4 is 4.90 Å². The minimum atomic E-state index is -3.30.